The van der Waals surface area contributed by atoms with E-state index in [1.807, 2.05) is 6.07 Å². The first-order chi connectivity index (χ1) is 16.2. The van der Waals surface area contributed by atoms with Gasteiger partial charge in [0.15, 0.2) is 5.04 Å². The minimum Gasteiger partial charge on any atom is -0.373 e. The molecule has 2 aromatic rings. The van der Waals surface area contributed by atoms with E-state index in [-0.39, 0.29) is 20.6 Å². The molecule has 0 saturated heterocycles. The minimum atomic E-state index is -5.09. The lowest BCUT2D eigenvalue weighted by molar-refractivity contribution is -0.275. The van der Waals surface area contributed by atoms with Gasteiger partial charge < -0.3 is 10.2 Å². The minimum absolute atomic E-state index is 0.113. The quantitative estimate of drug-likeness (QED) is 0.533. The monoisotopic (exact) mass is 565 g/mol. The molecule has 4 rings (SSSR count). The number of carbonyl (C=O) groups is 1. The number of sulfone groups is 1. The van der Waals surface area contributed by atoms with Crippen LogP contribution in [0.2, 0.25) is 15.1 Å². The number of benzene rings is 2. The van der Waals surface area contributed by atoms with E-state index < -0.39 is 55.0 Å². The van der Waals surface area contributed by atoms with Crippen molar-refractivity contribution in [2.45, 2.75) is 41.5 Å². The van der Waals surface area contributed by atoms with Gasteiger partial charge in [0.1, 0.15) is 5.54 Å². The molecule has 184 valence electrons. The Morgan fingerprint density at radius 2 is 1.74 bits per heavy atom. The maximum absolute atomic E-state index is 14.2. The molecule has 1 aliphatic heterocycles. The molecular formula is C21H13Cl3F3N3O4S. The van der Waals surface area contributed by atoms with Crippen LogP contribution in [0.1, 0.15) is 35.2 Å². The molecule has 1 aliphatic carbocycles. The fraction of sp³-hybridized carbons (Fsp3) is 0.286. The fourth-order valence-corrected chi connectivity index (χ4v) is 5.51. The van der Waals surface area contributed by atoms with Gasteiger partial charge in [-0.1, -0.05) is 40.0 Å². The number of amides is 1. The Bertz CT molecular complexity index is 1400. The Morgan fingerprint density at radius 1 is 1.11 bits per heavy atom. The van der Waals surface area contributed by atoms with E-state index in [2.05, 4.69) is 10.5 Å². The molecule has 14 heteroatoms. The Hall–Kier alpha value is -2.52. The SMILES string of the molecule is N#CC1(NC(=O)c2cc(S(=O)(=O)C3=NOC(c4cc(Cl)cc(Cl)c4)(C(F)(F)F)C3)ccc2Cl)CC1. The molecule has 0 aromatic heterocycles. The molecule has 1 fully saturated rings. The van der Waals surface area contributed by atoms with Crippen molar-refractivity contribution in [3.05, 3.63) is 62.6 Å². The molecule has 0 spiro atoms. The summed E-state index contributed by atoms with van der Waals surface area (Å²) in [4.78, 5) is 16.8. The van der Waals surface area contributed by atoms with Crippen LogP contribution in [0.5, 0.6) is 0 Å². The van der Waals surface area contributed by atoms with Gasteiger partial charge in [0.05, 0.1) is 28.0 Å². The first kappa shape index (κ1) is 25.6. The van der Waals surface area contributed by atoms with E-state index in [0.29, 0.717) is 12.8 Å². The average molecular weight is 567 g/mol. The molecule has 0 radical (unpaired) electrons. The van der Waals surface area contributed by atoms with Gasteiger partial charge in [0.2, 0.25) is 9.84 Å². The zero-order chi connectivity index (χ0) is 25.8. The highest BCUT2D eigenvalue weighted by Gasteiger charge is 2.63. The summed E-state index contributed by atoms with van der Waals surface area (Å²) in [6, 6.07) is 8.13. The second kappa shape index (κ2) is 8.55. The summed E-state index contributed by atoms with van der Waals surface area (Å²) in [6.45, 7) is 0. The van der Waals surface area contributed by atoms with Crippen molar-refractivity contribution in [2.24, 2.45) is 5.16 Å². The van der Waals surface area contributed by atoms with Crippen molar-refractivity contribution < 1.29 is 31.2 Å². The van der Waals surface area contributed by atoms with Crippen LogP contribution in [0, 0.1) is 11.3 Å². The first-order valence-electron chi connectivity index (χ1n) is 9.80. The number of carbonyl (C=O) groups excluding carboxylic acids is 1. The summed E-state index contributed by atoms with van der Waals surface area (Å²) >= 11 is 17.7. The number of hydrogen-bond acceptors (Lipinski definition) is 6. The Balaban J connectivity index is 1.69. The smallest absolute Gasteiger partial charge is 0.373 e. The van der Waals surface area contributed by atoms with Gasteiger partial charge in [-0.05, 0) is 49.2 Å². The number of alkyl halides is 3. The molecular weight excluding hydrogens is 554 g/mol. The Labute approximate surface area is 212 Å². The lowest BCUT2D eigenvalue weighted by Crippen LogP contribution is -2.43. The molecule has 1 heterocycles. The third kappa shape index (κ3) is 4.56. The van der Waals surface area contributed by atoms with E-state index in [1.165, 1.54) is 6.07 Å². The largest absolute Gasteiger partial charge is 0.435 e. The van der Waals surface area contributed by atoms with Gasteiger partial charge in [0.25, 0.3) is 11.5 Å². The van der Waals surface area contributed by atoms with Crippen LogP contribution in [-0.4, -0.2) is 31.1 Å². The summed E-state index contributed by atoms with van der Waals surface area (Å²) in [5.41, 5.74) is -5.00. The molecule has 2 aromatic carbocycles. The van der Waals surface area contributed by atoms with Crippen LogP contribution < -0.4 is 5.32 Å². The number of halogens is 6. The van der Waals surface area contributed by atoms with Crippen molar-refractivity contribution >= 4 is 55.6 Å². The highest BCUT2D eigenvalue weighted by molar-refractivity contribution is 8.06. The number of nitrogens with one attached hydrogen (secondary N) is 1. The van der Waals surface area contributed by atoms with Gasteiger partial charge in [-0.2, -0.15) is 18.4 Å². The van der Waals surface area contributed by atoms with Crippen LogP contribution in [0.25, 0.3) is 0 Å². The molecule has 2 aliphatic rings. The van der Waals surface area contributed by atoms with E-state index in [4.69, 9.17) is 44.9 Å². The maximum Gasteiger partial charge on any atom is 0.435 e. The maximum atomic E-state index is 14.2. The normalized spacial score (nSPS) is 21.0. The van der Waals surface area contributed by atoms with Crippen LogP contribution in [-0.2, 0) is 20.3 Å². The molecule has 35 heavy (non-hydrogen) atoms. The van der Waals surface area contributed by atoms with Gasteiger partial charge in [-0.3, -0.25) is 4.79 Å². The third-order valence-corrected chi connectivity index (χ3v) is 8.09. The van der Waals surface area contributed by atoms with Gasteiger partial charge in [0, 0.05) is 15.6 Å². The van der Waals surface area contributed by atoms with E-state index in [0.717, 1.165) is 30.3 Å². The van der Waals surface area contributed by atoms with Crippen molar-refractivity contribution in [2.75, 3.05) is 0 Å². The summed E-state index contributed by atoms with van der Waals surface area (Å²) in [7, 11) is -4.65. The molecule has 1 amide bonds. The van der Waals surface area contributed by atoms with Crippen molar-refractivity contribution in [3.8, 4) is 6.07 Å². The van der Waals surface area contributed by atoms with E-state index in [9.17, 15) is 26.4 Å². The molecule has 1 saturated carbocycles. The summed E-state index contributed by atoms with van der Waals surface area (Å²) in [5.74, 6) is -0.797. The first-order valence-corrected chi connectivity index (χ1v) is 12.4. The van der Waals surface area contributed by atoms with Gasteiger partial charge in [-0.15, -0.1) is 0 Å². The van der Waals surface area contributed by atoms with Crippen molar-refractivity contribution in [1.29, 1.82) is 5.26 Å². The highest BCUT2D eigenvalue weighted by atomic mass is 35.5. The topological polar surface area (TPSA) is 109 Å². The molecule has 1 unspecified atom stereocenters. The standard InChI is InChI=1S/C21H13Cl3F3N3O4S/c22-12-5-11(6-13(23)7-12)20(21(25,26)27)9-17(30-34-20)35(32,33)14-1-2-16(24)15(8-14)18(31)29-19(10-28)3-4-19/h1-2,5-8H,3-4,9H2,(H,29,31). The molecule has 1 atom stereocenters. The van der Waals surface area contributed by atoms with Crippen LogP contribution in [0.4, 0.5) is 13.2 Å². The van der Waals surface area contributed by atoms with Crippen molar-refractivity contribution in [1.82, 2.24) is 5.32 Å². The number of nitrogens with zero attached hydrogens (tertiary/aromatic N) is 2. The third-order valence-electron chi connectivity index (χ3n) is 5.61. The van der Waals surface area contributed by atoms with Crippen molar-refractivity contribution in [3.63, 3.8) is 0 Å². The second-order valence-corrected chi connectivity index (χ2v) is 11.3. The molecule has 7 nitrogen and oxygen atoms in total. The number of nitriles is 1. The highest BCUT2D eigenvalue weighted by Crippen LogP contribution is 2.50. The summed E-state index contributed by atoms with van der Waals surface area (Å²) < 4.78 is 68.9. The van der Waals surface area contributed by atoms with Crippen LogP contribution in [0.3, 0.4) is 0 Å². The number of oxime groups is 1. The van der Waals surface area contributed by atoms with Crippen LogP contribution in [0.15, 0.2) is 46.4 Å². The lowest BCUT2D eigenvalue weighted by atomic mass is 9.90. The number of rotatable bonds is 4. The summed E-state index contributed by atoms with van der Waals surface area (Å²) in [6.07, 6.45) is -5.45. The summed E-state index contributed by atoms with van der Waals surface area (Å²) in [5, 5.41) is 13.6. The zero-order valence-electron chi connectivity index (χ0n) is 17.3. The van der Waals surface area contributed by atoms with Gasteiger partial charge in [-0.25, -0.2) is 8.42 Å². The Morgan fingerprint density at radius 3 is 2.29 bits per heavy atom. The predicted molar refractivity (Wildman–Crippen MR) is 121 cm³/mol. The Kier molecular flexibility index (Phi) is 6.25. The lowest BCUT2D eigenvalue weighted by Gasteiger charge is -2.29. The molecule has 0 bridgehead atoms. The van der Waals surface area contributed by atoms with Crippen LogP contribution >= 0.6 is 34.8 Å². The second-order valence-electron chi connectivity index (χ2n) is 8.03. The van der Waals surface area contributed by atoms with Gasteiger partial charge >= 0.3 is 6.18 Å². The number of hydrogen-bond donors (Lipinski definition) is 1. The average Bonchev–Trinajstić information content (AvgIpc) is 3.36. The van der Waals surface area contributed by atoms with E-state index >= 15 is 0 Å². The molecule has 1 N–H and O–H groups in total. The predicted octanol–water partition coefficient (Wildman–Crippen LogP) is 5.40. The fourth-order valence-electron chi connectivity index (χ4n) is 3.46. The zero-order valence-corrected chi connectivity index (χ0v) is 20.4. The van der Waals surface area contributed by atoms with E-state index in [1.54, 1.807) is 0 Å².